The zero-order chi connectivity index (χ0) is 9.56. The Balaban J connectivity index is 3.77. The van der Waals surface area contributed by atoms with Crippen LogP contribution in [0.25, 0.3) is 0 Å². The summed E-state index contributed by atoms with van der Waals surface area (Å²) < 4.78 is 0. The normalized spacial score (nSPS) is 12.7. The van der Waals surface area contributed by atoms with Crippen LogP contribution >= 0.6 is 0 Å². The predicted octanol–water partition coefficient (Wildman–Crippen LogP) is 2.29. The summed E-state index contributed by atoms with van der Waals surface area (Å²) in [5.74, 6) is 0.847. The first-order valence-corrected chi connectivity index (χ1v) is 4.81. The highest BCUT2D eigenvalue weighted by molar-refractivity contribution is 5.75. The van der Waals surface area contributed by atoms with E-state index in [1.165, 1.54) is 12.8 Å². The second kappa shape index (κ2) is 6.04. The average Bonchev–Trinajstić information content (AvgIpc) is 2.03. The average molecular weight is 171 g/mol. The molecule has 0 aliphatic carbocycles. The first kappa shape index (κ1) is 11.5. The standard InChI is InChI=1S/C10H21NO/c1-5-7-9(6-2)8-10(12)11(3)4/h9H,5-8H2,1-4H3/t9-/m1/s1. The number of carbonyl (C=O) groups is 1. The van der Waals surface area contributed by atoms with Gasteiger partial charge in [0.2, 0.25) is 5.91 Å². The van der Waals surface area contributed by atoms with Gasteiger partial charge in [0.05, 0.1) is 0 Å². The maximum Gasteiger partial charge on any atom is 0.222 e. The molecule has 0 aliphatic rings. The first-order chi connectivity index (χ1) is 5.61. The fourth-order valence-corrected chi connectivity index (χ4v) is 1.29. The van der Waals surface area contributed by atoms with Gasteiger partial charge in [0.15, 0.2) is 0 Å². The lowest BCUT2D eigenvalue weighted by Crippen LogP contribution is -2.24. The lowest BCUT2D eigenvalue weighted by atomic mass is 9.96. The molecule has 0 radical (unpaired) electrons. The Morgan fingerprint density at radius 3 is 2.25 bits per heavy atom. The molecule has 0 aliphatic heterocycles. The van der Waals surface area contributed by atoms with Crippen LogP contribution in [0.3, 0.4) is 0 Å². The van der Waals surface area contributed by atoms with Gasteiger partial charge in [-0.25, -0.2) is 0 Å². The fourth-order valence-electron chi connectivity index (χ4n) is 1.29. The molecule has 0 bridgehead atoms. The maximum absolute atomic E-state index is 11.3. The molecule has 0 fully saturated rings. The van der Waals surface area contributed by atoms with Crippen molar-refractivity contribution in [3.05, 3.63) is 0 Å². The number of amides is 1. The highest BCUT2D eigenvalue weighted by Crippen LogP contribution is 2.15. The quantitative estimate of drug-likeness (QED) is 0.621. The Kier molecular flexibility index (Phi) is 5.77. The molecule has 0 spiro atoms. The number of hydrogen-bond acceptors (Lipinski definition) is 1. The SMILES string of the molecule is CCC[C@@H](CC)CC(=O)N(C)C. The molecule has 0 unspecified atom stereocenters. The van der Waals surface area contributed by atoms with Crippen LogP contribution in [0, 0.1) is 5.92 Å². The number of hydrogen-bond donors (Lipinski definition) is 0. The van der Waals surface area contributed by atoms with E-state index in [0.717, 1.165) is 12.8 Å². The van der Waals surface area contributed by atoms with E-state index in [-0.39, 0.29) is 5.91 Å². The van der Waals surface area contributed by atoms with Gasteiger partial charge in [-0.1, -0.05) is 33.1 Å². The zero-order valence-electron chi connectivity index (χ0n) is 8.76. The van der Waals surface area contributed by atoms with Crippen molar-refractivity contribution in [2.45, 2.75) is 39.5 Å². The largest absolute Gasteiger partial charge is 0.349 e. The summed E-state index contributed by atoms with van der Waals surface area (Å²) in [7, 11) is 3.64. The van der Waals surface area contributed by atoms with Crippen LogP contribution in [0.5, 0.6) is 0 Å². The molecule has 2 heteroatoms. The van der Waals surface area contributed by atoms with Gasteiger partial charge in [0.1, 0.15) is 0 Å². The van der Waals surface area contributed by atoms with Gasteiger partial charge < -0.3 is 4.90 Å². The van der Waals surface area contributed by atoms with Crippen LogP contribution in [-0.4, -0.2) is 24.9 Å². The molecule has 0 saturated carbocycles. The molecule has 12 heavy (non-hydrogen) atoms. The third-order valence-electron chi connectivity index (χ3n) is 2.24. The predicted molar refractivity (Wildman–Crippen MR) is 52.0 cm³/mol. The summed E-state index contributed by atoms with van der Waals surface area (Å²) in [6.45, 7) is 4.33. The summed E-state index contributed by atoms with van der Waals surface area (Å²) >= 11 is 0. The molecule has 0 heterocycles. The number of rotatable bonds is 5. The van der Waals surface area contributed by atoms with E-state index in [0.29, 0.717) is 5.92 Å². The van der Waals surface area contributed by atoms with Crippen molar-refractivity contribution in [2.75, 3.05) is 14.1 Å². The molecule has 72 valence electrons. The lowest BCUT2D eigenvalue weighted by molar-refractivity contribution is -0.129. The highest BCUT2D eigenvalue weighted by Gasteiger charge is 2.11. The third-order valence-corrected chi connectivity index (χ3v) is 2.24. The second-order valence-electron chi connectivity index (χ2n) is 3.56. The Labute approximate surface area is 75.9 Å². The molecule has 0 aromatic carbocycles. The van der Waals surface area contributed by atoms with Gasteiger partial charge in [-0.3, -0.25) is 4.79 Å². The minimum absolute atomic E-state index is 0.260. The van der Waals surface area contributed by atoms with Crippen LogP contribution in [0.2, 0.25) is 0 Å². The van der Waals surface area contributed by atoms with E-state index in [2.05, 4.69) is 13.8 Å². The van der Waals surface area contributed by atoms with Gasteiger partial charge in [0, 0.05) is 20.5 Å². The molecule has 0 aromatic rings. The van der Waals surface area contributed by atoms with Gasteiger partial charge >= 0.3 is 0 Å². The highest BCUT2D eigenvalue weighted by atomic mass is 16.2. The number of carbonyl (C=O) groups excluding carboxylic acids is 1. The van der Waals surface area contributed by atoms with E-state index >= 15 is 0 Å². The molecule has 0 saturated heterocycles. The van der Waals surface area contributed by atoms with Gasteiger partial charge in [0.25, 0.3) is 0 Å². The monoisotopic (exact) mass is 171 g/mol. The van der Waals surface area contributed by atoms with Gasteiger partial charge in [-0.2, -0.15) is 0 Å². The molecule has 0 aromatic heterocycles. The summed E-state index contributed by atoms with van der Waals surface area (Å²) in [5.41, 5.74) is 0. The van der Waals surface area contributed by atoms with Crippen molar-refractivity contribution in [2.24, 2.45) is 5.92 Å². The molecule has 0 N–H and O–H groups in total. The third kappa shape index (κ3) is 4.37. The second-order valence-corrected chi connectivity index (χ2v) is 3.56. The van der Waals surface area contributed by atoms with Crippen molar-refractivity contribution in [3.63, 3.8) is 0 Å². The van der Waals surface area contributed by atoms with Crippen LogP contribution in [0.15, 0.2) is 0 Å². The molecule has 1 amide bonds. The van der Waals surface area contributed by atoms with Crippen molar-refractivity contribution in [1.29, 1.82) is 0 Å². The van der Waals surface area contributed by atoms with Crippen LogP contribution < -0.4 is 0 Å². The summed E-state index contributed by atoms with van der Waals surface area (Å²) in [6.07, 6.45) is 4.19. The van der Waals surface area contributed by atoms with Crippen molar-refractivity contribution < 1.29 is 4.79 Å². The molecule has 2 nitrogen and oxygen atoms in total. The van der Waals surface area contributed by atoms with Gasteiger partial charge in [-0.05, 0) is 5.92 Å². The van der Waals surface area contributed by atoms with Gasteiger partial charge in [-0.15, -0.1) is 0 Å². The fraction of sp³-hybridized carbons (Fsp3) is 0.900. The smallest absolute Gasteiger partial charge is 0.222 e. The van der Waals surface area contributed by atoms with Crippen LogP contribution in [0.4, 0.5) is 0 Å². The Morgan fingerprint density at radius 2 is 1.92 bits per heavy atom. The van der Waals surface area contributed by atoms with E-state index < -0.39 is 0 Å². The Bertz CT molecular complexity index is 132. The van der Waals surface area contributed by atoms with E-state index in [4.69, 9.17) is 0 Å². The minimum atomic E-state index is 0.260. The topological polar surface area (TPSA) is 20.3 Å². The first-order valence-electron chi connectivity index (χ1n) is 4.81. The van der Waals surface area contributed by atoms with Crippen LogP contribution in [0.1, 0.15) is 39.5 Å². The molecule has 0 rings (SSSR count). The molecular formula is C10H21NO. The van der Waals surface area contributed by atoms with E-state index in [1.54, 1.807) is 4.90 Å². The van der Waals surface area contributed by atoms with Crippen molar-refractivity contribution in [3.8, 4) is 0 Å². The summed E-state index contributed by atoms with van der Waals surface area (Å²) in [5, 5.41) is 0. The zero-order valence-corrected chi connectivity index (χ0v) is 8.76. The van der Waals surface area contributed by atoms with E-state index in [1.807, 2.05) is 14.1 Å². The lowest BCUT2D eigenvalue weighted by Gasteiger charge is -2.16. The van der Waals surface area contributed by atoms with Crippen LogP contribution in [-0.2, 0) is 4.79 Å². The molecular weight excluding hydrogens is 150 g/mol. The Morgan fingerprint density at radius 1 is 1.33 bits per heavy atom. The van der Waals surface area contributed by atoms with Crippen molar-refractivity contribution >= 4 is 5.91 Å². The number of nitrogens with zero attached hydrogens (tertiary/aromatic N) is 1. The van der Waals surface area contributed by atoms with Crippen molar-refractivity contribution in [1.82, 2.24) is 4.90 Å². The summed E-state index contributed by atoms with van der Waals surface area (Å²) in [4.78, 5) is 13.0. The van der Waals surface area contributed by atoms with E-state index in [9.17, 15) is 4.79 Å². The summed E-state index contributed by atoms with van der Waals surface area (Å²) in [6, 6.07) is 0. The molecule has 1 atom stereocenters. The minimum Gasteiger partial charge on any atom is -0.349 e. The Hall–Kier alpha value is -0.530. The maximum atomic E-state index is 11.3.